The van der Waals surface area contributed by atoms with E-state index in [1.807, 2.05) is 54.6 Å². The van der Waals surface area contributed by atoms with Gasteiger partial charge in [-0.1, -0.05) is 48.0 Å². The molecule has 6 nitrogen and oxygen atoms in total. The molecule has 0 fully saturated rings. The van der Waals surface area contributed by atoms with Crippen LogP contribution in [0.3, 0.4) is 0 Å². The number of anilines is 1. The molecule has 4 rings (SSSR count). The monoisotopic (exact) mass is 471 g/mol. The van der Waals surface area contributed by atoms with Crippen molar-refractivity contribution in [1.82, 2.24) is 0 Å². The van der Waals surface area contributed by atoms with Gasteiger partial charge in [-0.25, -0.2) is 9.00 Å². The summed E-state index contributed by atoms with van der Waals surface area (Å²) in [5.74, 6) is -0.539. The molecule has 0 aliphatic heterocycles. The van der Waals surface area contributed by atoms with Crippen molar-refractivity contribution in [2.75, 3.05) is 10.9 Å². The summed E-state index contributed by atoms with van der Waals surface area (Å²) < 4.78 is 29.6. The number of fused-ring (bicyclic) bond motifs is 1. The lowest BCUT2D eigenvalue weighted by Gasteiger charge is -2.35. The van der Waals surface area contributed by atoms with Crippen molar-refractivity contribution in [2.45, 2.75) is 25.3 Å². The number of hydrogen-bond donors (Lipinski definition) is 2. The van der Waals surface area contributed by atoms with E-state index >= 15 is 0 Å². The van der Waals surface area contributed by atoms with Crippen molar-refractivity contribution in [3.8, 4) is 16.9 Å². The Morgan fingerprint density at radius 2 is 1.84 bits per heavy atom. The summed E-state index contributed by atoms with van der Waals surface area (Å²) >= 11 is 3.84. The first-order valence-corrected chi connectivity index (χ1v) is 11.6. The second kappa shape index (κ2) is 9.73. The molecule has 2 N–H and O–H groups in total. The van der Waals surface area contributed by atoms with Crippen LogP contribution in [0.2, 0.25) is 5.02 Å². The van der Waals surface area contributed by atoms with E-state index in [2.05, 4.69) is 0 Å². The van der Waals surface area contributed by atoms with Crippen LogP contribution in [0.4, 0.5) is 5.69 Å². The van der Waals surface area contributed by atoms with Crippen LogP contribution in [-0.4, -0.2) is 26.4 Å². The van der Waals surface area contributed by atoms with Gasteiger partial charge in [-0.2, -0.15) is 0 Å². The molecule has 0 saturated heterocycles. The zero-order valence-electron chi connectivity index (χ0n) is 17.1. The van der Waals surface area contributed by atoms with Gasteiger partial charge in [0.2, 0.25) is 0 Å². The van der Waals surface area contributed by atoms with Crippen LogP contribution in [0.5, 0.6) is 5.75 Å². The van der Waals surface area contributed by atoms with Crippen molar-refractivity contribution in [2.24, 2.45) is 0 Å². The predicted octanol–water partition coefficient (Wildman–Crippen LogP) is 5.49. The number of halogens is 1. The van der Waals surface area contributed by atoms with Crippen LogP contribution < -0.4 is 9.04 Å². The van der Waals surface area contributed by atoms with Gasteiger partial charge >= 0.3 is 5.97 Å². The average Bonchev–Trinajstić information content (AvgIpc) is 2.78. The van der Waals surface area contributed by atoms with Gasteiger partial charge in [-0.05, 0) is 71.8 Å². The van der Waals surface area contributed by atoms with Crippen molar-refractivity contribution < 1.29 is 23.4 Å². The third-order valence-corrected chi connectivity index (χ3v) is 6.55. The first kappa shape index (κ1) is 22.3. The number of nitrogens with zero attached hydrogens (tertiary/aromatic N) is 1. The highest BCUT2D eigenvalue weighted by Gasteiger charge is 2.31. The van der Waals surface area contributed by atoms with Crippen molar-refractivity contribution >= 4 is 34.5 Å². The Kier molecular flexibility index (Phi) is 6.79. The molecule has 1 aliphatic rings. The molecule has 8 heteroatoms. The molecular formula is C24H22ClNO5S. The molecule has 0 heterocycles. The molecule has 32 heavy (non-hydrogen) atoms. The average molecular weight is 472 g/mol. The lowest BCUT2D eigenvalue weighted by molar-refractivity contribution is -0.139. The molecule has 0 amide bonds. The van der Waals surface area contributed by atoms with Crippen LogP contribution in [0.1, 0.15) is 30.0 Å². The number of carboxylic acids is 1. The second-order valence-corrected chi connectivity index (χ2v) is 8.82. The van der Waals surface area contributed by atoms with E-state index in [9.17, 15) is 13.6 Å². The zero-order chi connectivity index (χ0) is 22.7. The molecule has 0 aromatic heterocycles. The molecule has 0 spiro atoms. The van der Waals surface area contributed by atoms with Crippen LogP contribution >= 0.6 is 11.6 Å². The Hall–Kier alpha value is -2.87. The third kappa shape index (κ3) is 4.80. The fraction of sp³-hybridized carbons (Fsp3) is 0.208. The van der Waals surface area contributed by atoms with E-state index in [-0.39, 0.29) is 6.04 Å². The van der Waals surface area contributed by atoms with Crippen molar-refractivity contribution in [1.29, 1.82) is 0 Å². The van der Waals surface area contributed by atoms with Gasteiger partial charge in [0.25, 0.3) is 11.3 Å². The molecular weight excluding hydrogens is 450 g/mol. The van der Waals surface area contributed by atoms with Gasteiger partial charge in [-0.3, -0.25) is 8.86 Å². The molecule has 166 valence electrons. The van der Waals surface area contributed by atoms with Gasteiger partial charge in [0.1, 0.15) is 5.75 Å². The molecule has 0 radical (unpaired) electrons. The van der Waals surface area contributed by atoms with E-state index in [0.717, 1.165) is 35.1 Å². The maximum atomic E-state index is 12.4. The van der Waals surface area contributed by atoms with Gasteiger partial charge < -0.3 is 9.84 Å². The van der Waals surface area contributed by atoms with E-state index in [0.29, 0.717) is 22.9 Å². The molecule has 0 saturated carbocycles. The van der Waals surface area contributed by atoms with Gasteiger partial charge in [0, 0.05) is 5.02 Å². The summed E-state index contributed by atoms with van der Waals surface area (Å²) in [7, 11) is 0. The summed E-state index contributed by atoms with van der Waals surface area (Å²) in [4.78, 5) is 10.9. The van der Waals surface area contributed by atoms with Gasteiger partial charge in [0.05, 0.1) is 11.7 Å². The fourth-order valence-electron chi connectivity index (χ4n) is 4.16. The highest BCUT2D eigenvalue weighted by molar-refractivity contribution is 7.80. The number of ether oxygens (including phenoxy) is 1. The minimum atomic E-state index is -2.25. The van der Waals surface area contributed by atoms with E-state index in [4.69, 9.17) is 21.4 Å². The Bertz CT molecular complexity index is 1150. The number of hydrogen-bond acceptors (Lipinski definition) is 3. The number of rotatable bonds is 7. The fourth-order valence-corrected chi connectivity index (χ4v) is 5.09. The van der Waals surface area contributed by atoms with Crippen LogP contribution in [-0.2, 0) is 22.5 Å². The molecule has 3 aromatic carbocycles. The minimum absolute atomic E-state index is 0.338. The standard InChI is InChI=1S/C24H22ClNO5S/c25-18-5-1-4-17(14-18)16-10-12-19(13-11-16)26(32(29)30)22-8-2-7-21-20(22)6-3-9-23(21)31-15-24(27)28/h1,3-6,9-14,22H,2,7-8,15H2,(H,27,28)(H,29,30). The zero-order valence-corrected chi connectivity index (χ0v) is 18.7. The topological polar surface area (TPSA) is 87.1 Å². The first-order chi connectivity index (χ1) is 15.4. The third-order valence-electron chi connectivity index (χ3n) is 5.51. The highest BCUT2D eigenvalue weighted by atomic mass is 35.5. The summed E-state index contributed by atoms with van der Waals surface area (Å²) in [5.41, 5.74) is 4.29. The molecule has 0 bridgehead atoms. The van der Waals surface area contributed by atoms with E-state index < -0.39 is 23.8 Å². The summed E-state index contributed by atoms with van der Waals surface area (Å²) in [6, 6.07) is 20.1. The first-order valence-electron chi connectivity index (χ1n) is 10.2. The Balaban J connectivity index is 1.67. The molecule has 1 aliphatic carbocycles. The van der Waals surface area contributed by atoms with Crippen molar-refractivity contribution in [3.05, 3.63) is 82.9 Å². The van der Waals surface area contributed by atoms with Crippen molar-refractivity contribution in [3.63, 3.8) is 0 Å². The maximum Gasteiger partial charge on any atom is 0.341 e. The number of aliphatic carboxylic acids is 1. The van der Waals surface area contributed by atoms with Crippen LogP contribution in [0, 0.1) is 0 Å². The molecule has 2 unspecified atom stereocenters. The molecule has 2 atom stereocenters. The second-order valence-electron chi connectivity index (χ2n) is 7.53. The Morgan fingerprint density at radius 3 is 2.53 bits per heavy atom. The number of carbonyl (C=O) groups is 1. The number of carboxylic acid groups (broad SMARTS) is 1. The lowest BCUT2D eigenvalue weighted by Crippen LogP contribution is -2.33. The molecule has 3 aromatic rings. The smallest absolute Gasteiger partial charge is 0.341 e. The van der Waals surface area contributed by atoms with Crippen LogP contribution in [0.15, 0.2) is 66.7 Å². The largest absolute Gasteiger partial charge is 0.482 e. The Labute approximate surface area is 193 Å². The van der Waals surface area contributed by atoms with E-state index in [1.165, 1.54) is 4.31 Å². The number of benzene rings is 3. The van der Waals surface area contributed by atoms with Gasteiger partial charge in [-0.15, -0.1) is 0 Å². The summed E-state index contributed by atoms with van der Waals surface area (Å²) in [5, 5.41) is 9.59. The Morgan fingerprint density at radius 1 is 1.09 bits per heavy atom. The lowest BCUT2D eigenvalue weighted by atomic mass is 9.87. The normalized spacial score (nSPS) is 16.1. The predicted molar refractivity (Wildman–Crippen MR) is 125 cm³/mol. The maximum absolute atomic E-state index is 12.4. The SMILES string of the molecule is O=C(O)COc1cccc2c1CCCC2N(c1ccc(-c2cccc(Cl)c2)cc1)S(=O)O. The highest BCUT2D eigenvalue weighted by Crippen LogP contribution is 2.41. The van der Waals surface area contributed by atoms with Gasteiger partial charge in [0.15, 0.2) is 6.61 Å². The quantitative estimate of drug-likeness (QED) is 0.445. The van der Waals surface area contributed by atoms with E-state index in [1.54, 1.807) is 12.1 Å². The van der Waals surface area contributed by atoms with Crippen LogP contribution in [0.25, 0.3) is 11.1 Å². The minimum Gasteiger partial charge on any atom is -0.482 e. The summed E-state index contributed by atoms with van der Waals surface area (Å²) in [6.45, 7) is -0.429. The summed E-state index contributed by atoms with van der Waals surface area (Å²) in [6.07, 6.45) is 2.21.